The maximum Gasteiger partial charge on any atom is 0.350 e. The maximum absolute atomic E-state index is 12.9. The smallest absolute Gasteiger partial charge is 0.350 e. The molecule has 0 bridgehead atoms. The Kier molecular flexibility index (Phi) is 7.68. The second kappa shape index (κ2) is 10.9. The minimum absolute atomic E-state index is 0.0319. The third-order valence-electron chi connectivity index (χ3n) is 4.86. The van der Waals surface area contributed by atoms with Gasteiger partial charge in [0.2, 0.25) is 0 Å². The first kappa shape index (κ1) is 25.4. The summed E-state index contributed by atoms with van der Waals surface area (Å²) >= 11 is 6.83. The van der Waals surface area contributed by atoms with Crippen molar-refractivity contribution in [1.82, 2.24) is 4.98 Å². The van der Waals surface area contributed by atoms with E-state index in [-0.39, 0.29) is 32.8 Å². The van der Waals surface area contributed by atoms with Crippen molar-refractivity contribution in [2.45, 2.75) is 11.8 Å². The first-order valence-electron chi connectivity index (χ1n) is 10.7. The molecular weight excluding hydrogens is 522 g/mol. The molecule has 184 valence electrons. The number of esters is 1. The molecular formula is C25H20ClN3O5S2. The molecule has 0 aliphatic carbocycles. The molecule has 4 rings (SSSR count). The van der Waals surface area contributed by atoms with Crippen LogP contribution in [0.1, 0.15) is 27.0 Å². The van der Waals surface area contributed by atoms with Crippen LogP contribution in [0, 0.1) is 0 Å². The van der Waals surface area contributed by atoms with E-state index < -0.39 is 21.9 Å². The summed E-state index contributed by atoms with van der Waals surface area (Å²) < 4.78 is 32.9. The number of anilines is 2. The Morgan fingerprint density at radius 2 is 1.72 bits per heavy atom. The van der Waals surface area contributed by atoms with Gasteiger partial charge in [0.15, 0.2) is 5.13 Å². The number of aromatic nitrogens is 1. The summed E-state index contributed by atoms with van der Waals surface area (Å²) in [5.41, 5.74) is 1.50. The molecule has 36 heavy (non-hydrogen) atoms. The number of hydrogen-bond donors (Lipinski definition) is 2. The molecule has 4 aromatic rings. The summed E-state index contributed by atoms with van der Waals surface area (Å²) in [5.74, 6) is -1.06. The number of nitrogens with zero attached hydrogens (tertiary/aromatic N) is 1. The van der Waals surface area contributed by atoms with Crippen LogP contribution in [0.2, 0.25) is 5.02 Å². The summed E-state index contributed by atoms with van der Waals surface area (Å²) in [6.07, 6.45) is 0. The number of halogens is 1. The Morgan fingerprint density at radius 3 is 2.42 bits per heavy atom. The average molecular weight is 542 g/mol. The number of ether oxygens (including phenoxy) is 1. The van der Waals surface area contributed by atoms with Gasteiger partial charge >= 0.3 is 5.97 Å². The largest absolute Gasteiger partial charge is 0.462 e. The zero-order valence-corrected chi connectivity index (χ0v) is 21.3. The van der Waals surface area contributed by atoms with Gasteiger partial charge in [0.05, 0.1) is 17.2 Å². The van der Waals surface area contributed by atoms with E-state index >= 15 is 0 Å². The summed E-state index contributed by atoms with van der Waals surface area (Å²) in [4.78, 5) is 30.2. The monoisotopic (exact) mass is 541 g/mol. The van der Waals surface area contributed by atoms with Gasteiger partial charge in [0.25, 0.3) is 15.9 Å². The molecule has 0 radical (unpaired) electrons. The summed E-state index contributed by atoms with van der Waals surface area (Å²) in [6, 6.07) is 20.8. The number of carbonyl (C=O) groups excluding carboxylic acids is 2. The van der Waals surface area contributed by atoms with Crippen molar-refractivity contribution in [3.8, 4) is 11.3 Å². The molecule has 0 aliphatic heterocycles. The standard InChI is InChI=1S/C25H20ClN3O5S2/c1-2-34-24(31)22-21(16-7-4-3-5-8-16)27-25(35-22)28-23(30)17-9-6-10-19(15-17)29-36(32,33)20-13-11-18(26)12-14-20/h3-15,29H,2H2,1H3,(H,27,28,30). The van der Waals surface area contributed by atoms with Crippen molar-refractivity contribution in [2.75, 3.05) is 16.6 Å². The molecule has 8 nitrogen and oxygen atoms in total. The van der Waals surface area contributed by atoms with E-state index in [1.165, 1.54) is 42.5 Å². The highest BCUT2D eigenvalue weighted by Gasteiger charge is 2.22. The lowest BCUT2D eigenvalue weighted by atomic mass is 10.1. The second-order valence-electron chi connectivity index (χ2n) is 7.38. The van der Waals surface area contributed by atoms with Crippen molar-refractivity contribution >= 4 is 55.7 Å². The SMILES string of the molecule is CCOC(=O)c1sc(NC(=O)c2cccc(NS(=O)(=O)c3ccc(Cl)cc3)c2)nc1-c1ccccc1. The highest BCUT2D eigenvalue weighted by atomic mass is 35.5. The molecule has 1 heterocycles. The molecule has 3 aromatic carbocycles. The van der Waals surface area contributed by atoms with Gasteiger partial charge < -0.3 is 4.74 Å². The fourth-order valence-corrected chi connectivity index (χ4v) is 5.27. The Morgan fingerprint density at radius 1 is 1.00 bits per heavy atom. The molecule has 0 saturated carbocycles. The van der Waals surface area contributed by atoms with Crippen LogP contribution in [0.3, 0.4) is 0 Å². The Hall–Kier alpha value is -3.73. The van der Waals surface area contributed by atoms with Crippen LogP contribution >= 0.6 is 22.9 Å². The van der Waals surface area contributed by atoms with E-state index in [0.29, 0.717) is 16.3 Å². The fraction of sp³-hybridized carbons (Fsp3) is 0.0800. The number of amides is 1. The topological polar surface area (TPSA) is 114 Å². The lowest BCUT2D eigenvalue weighted by Crippen LogP contribution is -2.15. The van der Waals surface area contributed by atoms with Crippen LogP contribution in [-0.2, 0) is 14.8 Å². The van der Waals surface area contributed by atoms with Gasteiger partial charge in [-0.3, -0.25) is 14.8 Å². The van der Waals surface area contributed by atoms with Gasteiger partial charge in [-0.1, -0.05) is 59.3 Å². The zero-order valence-electron chi connectivity index (χ0n) is 18.9. The third-order valence-corrected chi connectivity index (χ3v) is 7.46. The van der Waals surface area contributed by atoms with Crippen molar-refractivity contribution in [3.05, 3.63) is 94.3 Å². The normalized spacial score (nSPS) is 11.1. The van der Waals surface area contributed by atoms with Crippen molar-refractivity contribution in [3.63, 3.8) is 0 Å². The van der Waals surface area contributed by atoms with Gasteiger partial charge in [-0.05, 0) is 49.4 Å². The molecule has 1 amide bonds. The molecule has 0 spiro atoms. The van der Waals surface area contributed by atoms with E-state index in [1.807, 2.05) is 18.2 Å². The second-order valence-corrected chi connectivity index (χ2v) is 10.5. The summed E-state index contributed by atoms with van der Waals surface area (Å²) in [7, 11) is -3.88. The number of thiazole rings is 1. The van der Waals surface area contributed by atoms with Gasteiger partial charge in [-0.2, -0.15) is 0 Å². The highest BCUT2D eigenvalue weighted by Crippen LogP contribution is 2.32. The zero-order chi connectivity index (χ0) is 25.7. The van der Waals surface area contributed by atoms with Gasteiger partial charge in [0.1, 0.15) is 4.88 Å². The van der Waals surface area contributed by atoms with Crippen LogP contribution < -0.4 is 10.0 Å². The third kappa shape index (κ3) is 5.91. The van der Waals surface area contributed by atoms with Crippen LogP contribution in [-0.4, -0.2) is 31.9 Å². The number of nitrogens with one attached hydrogen (secondary N) is 2. The lowest BCUT2D eigenvalue weighted by molar-refractivity contribution is 0.0532. The Labute approximate surface area is 217 Å². The van der Waals surface area contributed by atoms with Crippen LogP contribution in [0.5, 0.6) is 0 Å². The van der Waals surface area contributed by atoms with Crippen LogP contribution in [0.4, 0.5) is 10.8 Å². The summed E-state index contributed by atoms with van der Waals surface area (Å²) in [6.45, 7) is 1.91. The molecule has 1 aromatic heterocycles. The number of hydrogen-bond acceptors (Lipinski definition) is 7. The van der Waals surface area contributed by atoms with Crippen molar-refractivity contribution < 1.29 is 22.7 Å². The molecule has 0 fully saturated rings. The molecule has 0 aliphatic rings. The predicted octanol–water partition coefficient (Wildman–Crippen LogP) is 5.69. The number of rotatable bonds is 8. The lowest BCUT2D eigenvalue weighted by Gasteiger charge is -2.09. The number of sulfonamides is 1. The van der Waals surface area contributed by atoms with Crippen molar-refractivity contribution in [1.29, 1.82) is 0 Å². The van der Waals surface area contributed by atoms with Gasteiger partial charge in [-0.25, -0.2) is 18.2 Å². The van der Waals surface area contributed by atoms with Crippen LogP contribution in [0.15, 0.2) is 83.8 Å². The molecule has 0 atom stereocenters. The quantitative estimate of drug-likeness (QED) is 0.277. The number of benzene rings is 3. The van der Waals surface area contributed by atoms with Gasteiger partial charge in [-0.15, -0.1) is 0 Å². The predicted molar refractivity (Wildman–Crippen MR) is 140 cm³/mol. The number of carbonyl (C=O) groups is 2. The summed E-state index contributed by atoms with van der Waals surface area (Å²) in [5, 5.41) is 3.30. The molecule has 0 saturated heterocycles. The maximum atomic E-state index is 12.9. The Bertz CT molecular complexity index is 1500. The fourth-order valence-electron chi connectivity index (χ4n) is 3.22. The molecule has 0 unspecified atom stereocenters. The van der Waals surface area contributed by atoms with E-state index in [2.05, 4.69) is 15.0 Å². The minimum atomic E-state index is -3.88. The molecule has 2 N–H and O–H groups in total. The Balaban J connectivity index is 1.56. The highest BCUT2D eigenvalue weighted by molar-refractivity contribution is 7.92. The van der Waals surface area contributed by atoms with Crippen LogP contribution in [0.25, 0.3) is 11.3 Å². The first-order chi connectivity index (χ1) is 17.3. The average Bonchev–Trinajstić information content (AvgIpc) is 3.29. The van der Waals surface area contributed by atoms with E-state index in [0.717, 1.165) is 11.3 Å². The molecule has 11 heteroatoms. The minimum Gasteiger partial charge on any atom is -0.462 e. The first-order valence-corrected chi connectivity index (χ1v) is 13.4. The van der Waals surface area contributed by atoms with E-state index in [9.17, 15) is 18.0 Å². The van der Waals surface area contributed by atoms with E-state index in [1.54, 1.807) is 25.1 Å². The van der Waals surface area contributed by atoms with E-state index in [4.69, 9.17) is 16.3 Å². The van der Waals surface area contributed by atoms with Gasteiger partial charge in [0, 0.05) is 21.8 Å². The van der Waals surface area contributed by atoms with Crippen molar-refractivity contribution in [2.24, 2.45) is 0 Å².